The number of fused-ring (bicyclic) bond motifs is 7. The SMILES string of the molecule is C/C=C\C(=C/C)n1c2ccc(-c3ccccc3)cc2c2cc(-c3cc(Cl)cc(N(c4ccccc4)c4ccccc4)c3)c3sc4ccccc4c3c21. The third-order valence-corrected chi connectivity index (χ3v) is 11.3. The molecule has 52 heavy (non-hydrogen) atoms. The Kier molecular flexibility index (Phi) is 8.23. The van der Waals surface area contributed by atoms with Gasteiger partial charge in [0, 0.05) is 64.3 Å². The maximum Gasteiger partial charge on any atom is 0.0634 e. The Morgan fingerprint density at radius 3 is 1.96 bits per heavy atom. The van der Waals surface area contributed by atoms with Crippen LogP contribution in [0.5, 0.6) is 0 Å². The predicted molar refractivity (Wildman–Crippen MR) is 228 cm³/mol. The highest BCUT2D eigenvalue weighted by Gasteiger charge is 2.23. The minimum Gasteiger partial charge on any atom is -0.310 e. The number of rotatable bonds is 7. The van der Waals surface area contributed by atoms with Gasteiger partial charge >= 0.3 is 0 Å². The molecule has 0 N–H and O–H groups in total. The first-order chi connectivity index (χ1) is 25.6. The van der Waals surface area contributed by atoms with Crippen LogP contribution < -0.4 is 4.90 Å². The number of halogens is 1. The summed E-state index contributed by atoms with van der Waals surface area (Å²) in [4.78, 5) is 2.28. The molecule has 0 aliphatic rings. The van der Waals surface area contributed by atoms with E-state index in [4.69, 9.17) is 11.6 Å². The van der Waals surface area contributed by atoms with Gasteiger partial charge in [-0.15, -0.1) is 11.3 Å². The summed E-state index contributed by atoms with van der Waals surface area (Å²) in [6.07, 6.45) is 6.55. The van der Waals surface area contributed by atoms with Gasteiger partial charge in [0.2, 0.25) is 0 Å². The van der Waals surface area contributed by atoms with Gasteiger partial charge in [-0.1, -0.05) is 115 Å². The van der Waals surface area contributed by atoms with Crippen LogP contribution >= 0.6 is 22.9 Å². The Morgan fingerprint density at radius 2 is 1.27 bits per heavy atom. The van der Waals surface area contributed by atoms with Crippen LogP contribution in [0.1, 0.15) is 13.8 Å². The molecule has 0 fully saturated rings. The van der Waals surface area contributed by atoms with Gasteiger partial charge in [-0.05, 0) is 103 Å². The van der Waals surface area contributed by atoms with Crippen LogP contribution in [0, 0.1) is 0 Å². The van der Waals surface area contributed by atoms with Crippen molar-refractivity contribution in [3.05, 3.63) is 181 Å². The smallest absolute Gasteiger partial charge is 0.0634 e. The van der Waals surface area contributed by atoms with E-state index in [-0.39, 0.29) is 0 Å². The zero-order valence-electron chi connectivity index (χ0n) is 28.9. The van der Waals surface area contributed by atoms with Crippen molar-refractivity contribution in [2.24, 2.45) is 0 Å². The third kappa shape index (κ3) is 5.41. The van der Waals surface area contributed by atoms with E-state index < -0.39 is 0 Å². The number of allylic oxidation sites excluding steroid dienone is 4. The molecule has 4 heteroatoms. The molecule has 0 bridgehead atoms. The lowest BCUT2D eigenvalue weighted by Gasteiger charge is -2.26. The number of para-hydroxylation sites is 2. The molecular formula is C48H35ClN2S. The molecule has 0 amide bonds. The molecule has 0 atom stereocenters. The highest BCUT2D eigenvalue weighted by Crippen LogP contribution is 2.49. The molecule has 0 radical (unpaired) electrons. The Morgan fingerprint density at radius 1 is 0.596 bits per heavy atom. The van der Waals surface area contributed by atoms with Crippen LogP contribution in [0.25, 0.3) is 69.9 Å². The van der Waals surface area contributed by atoms with Crippen molar-refractivity contribution in [2.45, 2.75) is 13.8 Å². The Labute approximate surface area is 312 Å². The van der Waals surface area contributed by atoms with Crippen molar-refractivity contribution >= 4 is 87.7 Å². The maximum absolute atomic E-state index is 7.11. The molecule has 0 aliphatic heterocycles. The van der Waals surface area contributed by atoms with Crippen molar-refractivity contribution in [1.29, 1.82) is 0 Å². The largest absolute Gasteiger partial charge is 0.310 e. The minimum atomic E-state index is 0.691. The van der Waals surface area contributed by atoms with E-state index in [9.17, 15) is 0 Å². The summed E-state index contributed by atoms with van der Waals surface area (Å²) in [5.74, 6) is 0. The van der Waals surface area contributed by atoms with Crippen LogP contribution in [-0.4, -0.2) is 4.57 Å². The predicted octanol–water partition coefficient (Wildman–Crippen LogP) is 15.1. The van der Waals surface area contributed by atoms with Gasteiger partial charge < -0.3 is 9.47 Å². The average molecular weight is 707 g/mol. The molecule has 250 valence electrons. The summed E-state index contributed by atoms with van der Waals surface area (Å²) in [7, 11) is 0. The quantitative estimate of drug-likeness (QED) is 0.150. The molecule has 0 saturated carbocycles. The first kappa shape index (κ1) is 32.1. The van der Waals surface area contributed by atoms with Crippen LogP contribution in [0.2, 0.25) is 5.02 Å². The van der Waals surface area contributed by atoms with E-state index in [0.717, 1.165) is 28.3 Å². The normalized spacial score (nSPS) is 12.2. The summed E-state index contributed by atoms with van der Waals surface area (Å²) in [6.45, 7) is 4.21. The van der Waals surface area contributed by atoms with Gasteiger partial charge in [0.05, 0.1) is 11.0 Å². The molecule has 9 rings (SSSR count). The van der Waals surface area contributed by atoms with Crippen molar-refractivity contribution in [3.8, 4) is 22.3 Å². The average Bonchev–Trinajstić information content (AvgIpc) is 3.73. The lowest BCUT2D eigenvalue weighted by atomic mass is 9.97. The van der Waals surface area contributed by atoms with E-state index in [1.54, 1.807) is 0 Å². The van der Waals surface area contributed by atoms with Gasteiger partial charge in [-0.25, -0.2) is 0 Å². The molecule has 7 aromatic carbocycles. The van der Waals surface area contributed by atoms with Crippen molar-refractivity contribution in [2.75, 3.05) is 4.90 Å². The standard InChI is InChI=1S/C48H35ClN2S/c1-3-16-36(4-2)51-44-26-25-33(32-17-8-5-9-18-32)29-42(44)43-31-41(48-46(47(43)51)40-23-14-15-24-45(40)52-48)34-27-35(49)30-39(28-34)50(37-19-10-6-11-20-37)38-21-12-7-13-22-38/h3-31H,1-2H3/b16-3-,36-4+. The van der Waals surface area contributed by atoms with Crippen molar-refractivity contribution in [3.63, 3.8) is 0 Å². The molecule has 2 nitrogen and oxygen atoms in total. The highest BCUT2D eigenvalue weighted by molar-refractivity contribution is 7.26. The molecule has 0 saturated heterocycles. The zero-order valence-corrected chi connectivity index (χ0v) is 30.5. The first-order valence-corrected chi connectivity index (χ1v) is 18.8. The Hall–Kier alpha value is -5.87. The van der Waals surface area contributed by atoms with Crippen LogP contribution in [0.4, 0.5) is 17.1 Å². The number of thiophene rings is 1. The second kappa shape index (κ2) is 13.4. The second-order valence-corrected chi connectivity index (χ2v) is 14.5. The second-order valence-electron chi connectivity index (χ2n) is 13.0. The molecular weight excluding hydrogens is 672 g/mol. The fourth-order valence-corrected chi connectivity index (χ4v) is 9.08. The van der Waals surface area contributed by atoms with E-state index in [2.05, 4.69) is 199 Å². The molecule has 9 aromatic rings. The maximum atomic E-state index is 7.11. The number of aromatic nitrogens is 1. The van der Waals surface area contributed by atoms with Crippen LogP contribution in [0.15, 0.2) is 176 Å². The van der Waals surface area contributed by atoms with E-state index >= 15 is 0 Å². The van der Waals surface area contributed by atoms with Crippen LogP contribution in [0.3, 0.4) is 0 Å². The van der Waals surface area contributed by atoms with Crippen molar-refractivity contribution < 1.29 is 0 Å². The first-order valence-electron chi connectivity index (χ1n) is 17.6. The fourth-order valence-electron chi connectivity index (χ4n) is 7.61. The van der Waals surface area contributed by atoms with Gasteiger partial charge in [0.25, 0.3) is 0 Å². The number of benzene rings is 7. The topological polar surface area (TPSA) is 8.17 Å². The fraction of sp³-hybridized carbons (Fsp3) is 0.0417. The van der Waals surface area contributed by atoms with Gasteiger partial charge in [0.1, 0.15) is 0 Å². The van der Waals surface area contributed by atoms with Gasteiger partial charge in [-0.2, -0.15) is 0 Å². The molecule has 0 spiro atoms. The third-order valence-electron chi connectivity index (χ3n) is 9.85. The summed E-state index contributed by atoms with van der Waals surface area (Å²) in [6, 6.07) is 56.3. The van der Waals surface area contributed by atoms with E-state index in [0.29, 0.717) is 5.02 Å². The summed E-state index contributed by atoms with van der Waals surface area (Å²) in [5.41, 5.74) is 11.4. The van der Waals surface area contributed by atoms with E-state index in [1.807, 2.05) is 11.3 Å². The summed E-state index contributed by atoms with van der Waals surface area (Å²) < 4.78 is 4.97. The lowest BCUT2D eigenvalue weighted by Crippen LogP contribution is -2.09. The number of anilines is 3. The molecule has 2 aromatic heterocycles. The number of nitrogens with zero attached hydrogens (tertiary/aromatic N) is 2. The van der Waals surface area contributed by atoms with Gasteiger partial charge in [0.15, 0.2) is 0 Å². The van der Waals surface area contributed by atoms with Crippen molar-refractivity contribution in [1.82, 2.24) is 4.57 Å². The van der Waals surface area contributed by atoms with Gasteiger partial charge in [-0.3, -0.25) is 0 Å². The Balaban J connectivity index is 1.40. The Bertz CT molecular complexity index is 2770. The zero-order chi connectivity index (χ0) is 35.2. The monoisotopic (exact) mass is 706 g/mol. The minimum absolute atomic E-state index is 0.691. The molecule has 0 aliphatic carbocycles. The van der Waals surface area contributed by atoms with Crippen LogP contribution in [-0.2, 0) is 0 Å². The molecule has 0 unspecified atom stereocenters. The van der Waals surface area contributed by atoms with E-state index in [1.165, 1.54) is 58.7 Å². The highest BCUT2D eigenvalue weighted by atomic mass is 35.5. The number of hydrogen-bond donors (Lipinski definition) is 0. The molecule has 2 heterocycles. The number of hydrogen-bond acceptors (Lipinski definition) is 2. The summed E-state index contributed by atoms with van der Waals surface area (Å²) >= 11 is 8.96. The summed E-state index contributed by atoms with van der Waals surface area (Å²) in [5, 5.41) is 5.65. The lowest BCUT2D eigenvalue weighted by molar-refractivity contribution is 1.24.